The Bertz CT molecular complexity index is 766. The maximum atomic E-state index is 9.69. The molecule has 4 saturated carbocycles. The van der Waals surface area contributed by atoms with E-state index in [1.165, 1.54) is 57.8 Å². The molecule has 182 valence electrons. The molecule has 0 saturated heterocycles. The highest BCUT2D eigenvalue weighted by atomic mass is 28.4. The third kappa shape index (κ3) is 3.54. The van der Waals surface area contributed by atoms with Crippen molar-refractivity contribution in [1.82, 2.24) is 0 Å². The number of rotatable bonds is 4. The van der Waals surface area contributed by atoms with E-state index in [0.717, 1.165) is 29.6 Å². The molecule has 5 aliphatic carbocycles. The van der Waals surface area contributed by atoms with Crippen LogP contribution in [0.5, 0.6) is 0 Å². The average Bonchev–Trinajstić information content (AvgIpc) is 3.40. The predicted octanol–water partition coefficient (Wildman–Crippen LogP) is 7.58. The summed E-state index contributed by atoms with van der Waals surface area (Å²) in [6.45, 7) is 17.7. The van der Waals surface area contributed by atoms with Gasteiger partial charge in [-0.05, 0) is 122 Å². The van der Waals surface area contributed by atoms with Crippen molar-refractivity contribution in [2.75, 3.05) is 6.61 Å². The second-order valence-corrected chi connectivity index (χ2v) is 19.3. The third-order valence-electron chi connectivity index (χ3n) is 12.1. The van der Waals surface area contributed by atoms with E-state index in [0.29, 0.717) is 34.5 Å². The van der Waals surface area contributed by atoms with Crippen LogP contribution in [0, 0.1) is 46.3 Å². The van der Waals surface area contributed by atoms with Gasteiger partial charge in [-0.3, -0.25) is 0 Å². The quantitative estimate of drug-likeness (QED) is 0.347. The summed E-state index contributed by atoms with van der Waals surface area (Å²) in [7, 11) is -1.70. The maximum Gasteiger partial charge on any atom is 0.192 e. The molecule has 32 heavy (non-hydrogen) atoms. The van der Waals surface area contributed by atoms with E-state index in [4.69, 9.17) is 4.43 Å². The number of allylic oxidation sites excluding steroid dienone is 1. The van der Waals surface area contributed by atoms with E-state index >= 15 is 0 Å². The fourth-order valence-electron chi connectivity index (χ4n) is 9.04. The van der Waals surface area contributed by atoms with E-state index in [1.54, 1.807) is 5.57 Å². The van der Waals surface area contributed by atoms with Crippen LogP contribution in [-0.4, -0.2) is 26.1 Å². The molecule has 5 aliphatic rings. The molecule has 1 unspecified atom stereocenters. The first-order chi connectivity index (χ1) is 14.9. The molecule has 0 aromatic carbocycles. The third-order valence-corrected chi connectivity index (χ3v) is 16.7. The molecule has 5 rings (SSSR count). The SMILES string of the molecule is CC(C)(C)[Si](C)(C)OC1CC[C@@]2(C)C(=CC[C@H]3[C@@H]4CC[C@H]([C@@H]5C[C@@H]5CO)[C@@]4(C)CC[C@@H]32)C1. The summed E-state index contributed by atoms with van der Waals surface area (Å²) in [6, 6.07) is 0. The van der Waals surface area contributed by atoms with Gasteiger partial charge in [0.25, 0.3) is 0 Å². The van der Waals surface area contributed by atoms with Crippen molar-refractivity contribution < 1.29 is 9.53 Å². The van der Waals surface area contributed by atoms with Gasteiger partial charge in [-0.25, -0.2) is 0 Å². The highest BCUT2D eigenvalue weighted by Crippen LogP contribution is 2.69. The zero-order valence-electron chi connectivity index (χ0n) is 22.0. The Morgan fingerprint density at radius 2 is 1.69 bits per heavy atom. The normalized spacial score (nSPS) is 48.5. The van der Waals surface area contributed by atoms with Crippen molar-refractivity contribution in [3.8, 4) is 0 Å². The van der Waals surface area contributed by atoms with Gasteiger partial charge < -0.3 is 9.53 Å². The summed E-state index contributed by atoms with van der Waals surface area (Å²) >= 11 is 0. The largest absolute Gasteiger partial charge is 0.414 e. The first kappa shape index (κ1) is 23.6. The molecule has 1 N–H and O–H groups in total. The number of aliphatic hydroxyl groups excluding tert-OH is 1. The predicted molar refractivity (Wildman–Crippen MR) is 136 cm³/mol. The lowest BCUT2D eigenvalue weighted by atomic mass is 9.47. The van der Waals surface area contributed by atoms with Crippen LogP contribution in [0.15, 0.2) is 11.6 Å². The molecular weight excluding hydrogens is 408 g/mol. The van der Waals surface area contributed by atoms with Gasteiger partial charge in [0.15, 0.2) is 8.32 Å². The van der Waals surface area contributed by atoms with Crippen LogP contribution in [-0.2, 0) is 4.43 Å². The lowest BCUT2D eigenvalue weighted by Crippen LogP contribution is -2.52. The zero-order chi connectivity index (χ0) is 23.1. The minimum atomic E-state index is -1.70. The van der Waals surface area contributed by atoms with Crippen LogP contribution in [0.4, 0.5) is 0 Å². The first-order valence-electron chi connectivity index (χ1n) is 13.9. The highest BCUT2D eigenvalue weighted by Gasteiger charge is 2.62. The molecule has 2 nitrogen and oxygen atoms in total. The Morgan fingerprint density at radius 3 is 2.31 bits per heavy atom. The molecule has 0 radical (unpaired) electrons. The topological polar surface area (TPSA) is 29.5 Å². The molecular formula is C29H50O2Si. The fraction of sp³-hybridized carbons (Fsp3) is 0.931. The Morgan fingerprint density at radius 1 is 1.00 bits per heavy atom. The van der Waals surface area contributed by atoms with Gasteiger partial charge in [0.2, 0.25) is 0 Å². The monoisotopic (exact) mass is 458 g/mol. The van der Waals surface area contributed by atoms with Gasteiger partial charge in [0, 0.05) is 12.7 Å². The van der Waals surface area contributed by atoms with Crippen LogP contribution in [0.3, 0.4) is 0 Å². The maximum absolute atomic E-state index is 9.69. The van der Waals surface area contributed by atoms with Crippen molar-refractivity contribution in [3.63, 3.8) is 0 Å². The lowest BCUT2D eigenvalue weighted by Gasteiger charge is -2.58. The minimum absolute atomic E-state index is 0.295. The van der Waals surface area contributed by atoms with Crippen LogP contribution >= 0.6 is 0 Å². The summed E-state index contributed by atoms with van der Waals surface area (Å²) in [5, 5.41) is 9.98. The van der Waals surface area contributed by atoms with E-state index in [2.05, 4.69) is 53.8 Å². The Balaban J connectivity index is 1.32. The average molecular weight is 459 g/mol. The van der Waals surface area contributed by atoms with Crippen LogP contribution in [0.2, 0.25) is 18.1 Å². The van der Waals surface area contributed by atoms with E-state index in [1.807, 2.05) is 0 Å². The molecule has 0 bridgehead atoms. The van der Waals surface area contributed by atoms with Crippen LogP contribution in [0.25, 0.3) is 0 Å². The van der Waals surface area contributed by atoms with Crippen molar-refractivity contribution in [2.45, 2.75) is 117 Å². The zero-order valence-corrected chi connectivity index (χ0v) is 23.0. The van der Waals surface area contributed by atoms with Gasteiger partial charge in [-0.1, -0.05) is 46.3 Å². The van der Waals surface area contributed by atoms with Crippen LogP contribution < -0.4 is 0 Å². The van der Waals surface area contributed by atoms with Crippen LogP contribution in [0.1, 0.15) is 92.4 Å². The van der Waals surface area contributed by atoms with E-state index in [9.17, 15) is 5.11 Å². The second kappa shape index (κ2) is 7.69. The number of hydrogen-bond donors (Lipinski definition) is 1. The van der Waals surface area contributed by atoms with E-state index in [-0.39, 0.29) is 0 Å². The van der Waals surface area contributed by atoms with Gasteiger partial charge in [0.05, 0.1) is 0 Å². The van der Waals surface area contributed by atoms with Crippen molar-refractivity contribution >= 4 is 8.32 Å². The summed E-state index contributed by atoms with van der Waals surface area (Å²) < 4.78 is 6.90. The van der Waals surface area contributed by atoms with Crippen molar-refractivity contribution in [2.24, 2.45) is 46.3 Å². The summed E-state index contributed by atoms with van der Waals surface area (Å²) in [5.41, 5.74) is 2.72. The molecule has 0 heterocycles. The fourth-order valence-corrected chi connectivity index (χ4v) is 10.4. The molecule has 9 atom stereocenters. The number of aliphatic hydroxyl groups is 1. The standard InChI is InChI=1S/C29H50O2Si/c1-27(2,3)32(6,7)31-21-12-14-28(4)20(17-21)8-9-22-24-10-11-25(23-16-19(23)18-30)29(24,5)15-13-26(22)28/h8,19,21-26,30H,9-18H2,1-7H3/t19-,21?,22+,23-,24+,25-,26+,28+,29+/m1/s1. The molecule has 0 amide bonds. The molecule has 4 fully saturated rings. The molecule has 0 aliphatic heterocycles. The molecule has 3 heteroatoms. The Hall–Kier alpha value is -0.123. The van der Waals surface area contributed by atoms with Crippen molar-refractivity contribution in [1.29, 1.82) is 0 Å². The number of hydrogen-bond acceptors (Lipinski definition) is 2. The first-order valence-corrected chi connectivity index (χ1v) is 16.8. The Kier molecular flexibility index (Phi) is 5.67. The highest BCUT2D eigenvalue weighted by molar-refractivity contribution is 6.74. The number of fused-ring (bicyclic) bond motifs is 5. The second-order valence-electron chi connectivity index (χ2n) is 14.6. The van der Waals surface area contributed by atoms with Gasteiger partial charge in [-0.2, -0.15) is 0 Å². The minimum Gasteiger partial charge on any atom is -0.414 e. The molecule has 0 spiro atoms. The summed E-state index contributed by atoms with van der Waals surface area (Å²) in [5.74, 6) is 5.05. The molecule has 0 aromatic rings. The van der Waals surface area contributed by atoms with E-state index < -0.39 is 8.32 Å². The lowest BCUT2D eigenvalue weighted by molar-refractivity contribution is -0.0526. The molecule has 0 aromatic heterocycles. The van der Waals surface area contributed by atoms with Gasteiger partial charge >= 0.3 is 0 Å². The Labute approximate surface area is 199 Å². The van der Waals surface area contributed by atoms with Gasteiger partial charge in [-0.15, -0.1) is 0 Å². The summed E-state index contributed by atoms with van der Waals surface area (Å²) in [6.07, 6.45) is 15.3. The van der Waals surface area contributed by atoms with Crippen molar-refractivity contribution in [3.05, 3.63) is 11.6 Å². The smallest absolute Gasteiger partial charge is 0.192 e. The van der Waals surface area contributed by atoms with Gasteiger partial charge in [0.1, 0.15) is 0 Å². The summed E-state index contributed by atoms with van der Waals surface area (Å²) in [4.78, 5) is 0.